The van der Waals surface area contributed by atoms with E-state index in [2.05, 4.69) is 131 Å². The lowest BCUT2D eigenvalue weighted by molar-refractivity contribution is -0.665. The third-order valence-electron chi connectivity index (χ3n) is 8.77. The summed E-state index contributed by atoms with van der Waals surface area (Å²) in [6.45, 7) is 6.21. The minimum atomic E-state index is 0.360. The van der Waals surface area contributed by atoms with Crippen molar-refractivity contribution in [2.45, 2.75) is 44.6 Å². The lowest BCUT2D eigenvalue weighted by atomic mass is 9.99. The van der Waals surface area contributed by atoms with Gasteiger partial charge in [-0.2, -0.15) is 4.57 Å². The number of benzene rings is 4. The summed E-state index contributed by atoms with van der Waals surface area (Å²) in [5.41, 5.74) is 7.53. The summed E-state index contributed by atoms with van der Waals surface area (Å²) in [6, 6.07) is 34.1. The molecule has 2 heterocycles. The van der Waals surface area contributed by atoms with Crippen molar-refractivity contribution in [1.29, 1.82) is 0 Å². The smallest absolute Gasteiger partial charge is 0.262 e. The van der Waals surface area contributed by atoms with Crippen LogP contribution in [0.2, 0.25) is 10.0 Å². The molecule has 3 nitrogen and oxygen atoms in total. The van der Waals surface area contributed by atoms with E-state index in [1.54, 1.807) is 0 Å². The van der Waals surface area contributed by atoms with Gasteiger partial charge in [-0.1, -0.05) is 88.8 Å². The Labute approximate surface area is 290 Å². The van der Waals surface area contributed by atoms with Crippen molar-refractivity contribution in [3.8, 4) is 0 Å². The van der Waals surface area contributed by atoms with E-state index >= 15 is 0 Å². The highest BCUT2D eigenvalue weighted by Crippen LogP contribution is 2.49. The van der Waals surface area contributed by atoms with E-state index in [-0.39, 0.29) is 0 Å². The van der Waals surface area contributed by atoms with Crippen molar-refractivity contribution in [2.75, 3.05) is 16.3 Å². The molecule has 0 radical (unpaired) electrons. The molecule has 1 aliphatic carbocycles. The number of aromatic nitrogens is 1. The zero-order valence-electron chi connectivity index (χ0n) is 26.0. The predicted molar refractivity (Wildman–Crippen MR) is 200 cm³/mol. The molecule has 1 aliphatic heterocycles. The maximum absolute atomic E-state index is 6.40. The number of hydrogen-bond donors (Lipinski definition) is 0. The van der Waals surface area contributed by atoms with Crippen LogP contribution in [-0.2, 0) is 6.54 Å². The van der Waals surface area contributed by atoms with Crippen LogP contribution < -0.4 is 14.4 Å². The van der Waals surface area contributed by atoms with Gasteiger partial charge in [0.1, 0.15) is 11.2 Å². The van der Waals surface area contributed by atoms with Crippen LogP contribution in [0.3, 0.4) is 0 Å². The van der Waals surface area contributed by atoms with Crippen molar-refractivity contribution in [2.24, 2.45) is 5.92 Å². The van der Waals surface area contributed by atoms with Crippen molar-refractivity contribution < 1.29 is 4.57 Å². The normalized spacial score (nSPS) is 17.2. The first kappa shape index (κ1) is 31.1. The van der Waals surface area contributed by atoms with E-state index in [0.717, 1.165) is 42.4 Å². The number of nitrogens with zero attached hydrogens (tertiary/aromatic N) is 3. The first-order valence-corrected chi connectivity index (χ1v) is 18.3. The molecule has 0 fully saturated rings. The lowest BCUT2D eigenvalue weighted by Crippen LogP contribution is -2.33. The molecule has 2 aliphatic rings. The van der Waals surface area contributed by atoms with Gasteiger partial charge in [0.2, 0.25) is 5.52 Å². The number of para-hydroxylation sites is 2. The van der Waals surface area contributed by atoms with Gasteiger partial charge < -0.3 is 9.80 Å². The Morgan fingerprint density at radius 1 is 0.870 bits per heavy atom. The van der Waals surface area contributed by atoms with Crippen LogP contribution in [0, 0.1) is 5.92 Å². The number of halogens is 2. The predicted octanol–water partition coefficient (Wildman–Crippen LogP) is 11.9. The molecule has 7 rings (SSSR count). The zero-order chi connectivity index (χ0) is 31.6. The molecule has 0 N–H and O–H groups in total. The molecular formula is C39H36Cl2N3S2+. The minimum Gasteiger partial charge on any atom is -0.336 e. The fourth-order valence-corrected chi connectivity index (χ4v) is 9.25. The van der Waals surface area contributed by atoms with Gasteiger partial charge in [0.05, 0.1) is 10.7 Å². The van der Waals surface area contributed by atoms with Gasteiger partial charge in [0, 0.05) is 56.6 Å². The van der Waals surface area contributed by atoms with E-state index in [1.165, 1.54) is 53.5 Å². The number of hydrogen-bond acceptors (Lipinski definition) is 4. The molecule has 1 atom stereocenters. The first-order valence-electron chi connectivity index (χ1n) is 15.9. The Morgan fingerprint density at radius 3 is 2.26 bits per heavy atom. The van der Waals surface area contributed by atoms with Gasteiger partial charge in [-0.05, 0) is 99.4 Å². The van der Waals surface area contributed by atoms with E-state index in [1.807, 2.05) is 35.2 Å². The monoisotopic (exact) mass is 680 g/mol. The summed E-state index contributed by atoms with van der Waals surface area (Å²) in [4.78, 5) is 6.16. The summed E-state index contributed by atoms with van der Waals surface area (Å²) in [5, 5.41) is 4.09. The van der Waals surface area contributed by atoms with E-state index < -0.39 is 0 Å². The number of rotatable bonds is 9. The molecule has 232 valence electrons. The molecule has 1 aromatic heterocycles. The van der Waals surface area contributed by atoms with Crippen molar-refractivity contribution in [3.63, 3.8) is 0 Å². The van der Waals surface area contributed by atoms with Crippen LogP contribution >= 0.6 is 46.3 Å². The van der Waals surface area contributed by atoms with E-state index in [4.69, 9.17) is 23.2 Å². The van der Waals surface area contributed by atoms with Gasteiger partial charge in [0.15, 0.2) is 0 Å². The molecule has 0 amide bonds. The minimum absolute atomic E-state index is 0.360. The van der Waals surface area contributed by atoms with Gasteiger partial charge in [-0.3, -0.25) is 0 Å². The zero-order valence-corrected chi connectivity index (χ0v) is 29.1. The molecule has 0 saturated heterocycles. The van der Waals surface area contributed by atoms with Crippen LogP contribution in [0.5, 0.6) is 0 Å². The van der Waals surface area contributed by atoms with Gasteiger partial charge in [-0.15, -0.1) is 0 Å². The maximum Gasteiger partial charge on any atom is 0.262 e. The van der Waals surface area contributed by atoms with Crippen LogP contribution in [0.25, 0.3) is 16.3 Å². The van der Waals surface area contributed by atoms with Crippen molar-refractivity contribution in [1.82, 2.24) is 0 Å². The SMILES string of the molecule is CCN1C(=CCC2CCC(C=Cc3sc4ccc(Cl)cc4[n+]3CC)=C2N(c2ccccc2)c2ccccc2)Sc2ccc(Cl)cc21. The van der Waals surface area contributed by atoms with Crippen LogP contribution in [0.15, 0.2) is 130 Å². The molecule has 0 bridgehead atoms. The summed E-state index contributed by atoms with van der Waals surface area (Å²) in [5.74, 6) is 0.360. The Kier molecular flexibility index (Phi) is 9.28. The third kappa shape index (κ3) is 6.14. The Hall–Kier alpha value is -3.48. The molecule has 0 saturated carbocycles. The second-order valence-electron chi connectivity index (χ2n) is 11.5. The lowest BCUT2D eigenvalue weighted by Gasteiger charge is -2.31. The number of fused-ring (bicyclic) bond motifs is 2. The molecule has 0 spiro atoms. The number of allylic oxidation sites excluding steroid dienone is 4. The molecule has 4 aromatic carbocycles. The highest BCUT2D eigenvalue weighted by molar-refractivity contribution is 8.03. The average molecular weight is 682 g/mol. The van der Waals surface area contributed by atoms with Crippen LogP contribution in [-0.4, -0.2) is 6.54 Å². The second kappa shape index (κ2) is 13.7. The summed E-state index contributed by atoms with van der Waals surface area (Å²) >= 11 is 16.5. The molecule has 7 heteroatoms. The molecular weight excluding hydrogens is 645 g/mol. The molecule has 46 heavy (non-hydrogen) atoms. The number of thiazole rings is 1. The standard InChI is InChI=1S/C39H36Cl2N3S2/c1-3-42-33-25-29(40)19-21-35(33)45-37(42)23-17-27-15-16-28(18-24-38-43(4-2)34-26-30(41)20-22-36(34)46-38)39(27)44(31-11-7-5-8-12-31)32-13-9-6-10-14-32/h5-14,17,19-26,28H,3-4,15-16,18H2,1-2H3/q+1. The summed E-state index contributed by atoms with van der Waals surface area (Å²) in [6.07, 6.45) is 10.2. The van der Waals surface area contributed by atoms with E-state index in [0.29, 0.717) is 5.92 Å². The number of aryl methyl sites for hydroxylation is 1. The number of thioether (sulfide) groups is 1. The maximum atomic E-state index is 6.40. The van der Waals surface area contributed by atoms with Crippen molar-refractivity contribution in [3.05, 3.63) is 141 Å². The first-order chi connectivity index (χ1) is 22.5. The van der Waals surface area contributed by atoms with Gasteiger partial charge >= 0.3 is 0 Å². The largest absolute Gasteiger partial charge is 0.336 e. The van der Waals surface area contributed by atoms with Crippen LogP contribution in [0.1, 0.15) is 38.1 Å². The fraction of sp³-hybridized carbons (Fsp3) is 0.205. The Bertz CT molecular complexity index is 1920. The topological polar surface area (TPSA) is 10.4 Å². The van der Waals surface area contributed by atoms with Crippen LogP contribution in [0.4, 0.5) is 17.1 Å². The van der Waals surface area contributed by atoms with E-state index in [9.17, 15) is 0 Å². The summed E-state index contributed by atoms with van der Waals surface area (Å²) < 4.78 is 3.62. The molecule has 5 aromatic rings. The highest BCUT2D eigenvalue weighted by Gasteiger charge is 2.32. The quantitative estimate of drug-likeness (QED) is 0.143. The third-order valence-corrected chi connectivity index (χ3v) is 11.5. The van der Waals surface area contributed by atoms with Crippen molar-refractivity contribution >= 4 is 79.7 Å². The highest BCUT2D eigenvalue weighted by atomic mass is 35.5. The van der Waals surface area contributed by atoms with Gasteiger partial charge in [0.25, 0.3) is 5.01 Å². The average Bonchev–Trinajstić information content (AvgIpc) is 3.75. The fourth-order valence-electron chi connectivity index (χ4n) is 6.65. The Balaban J connectivity index is 1.31. The van der Waals surface area contributed by atoms with Gasteiger partial charge in [-0.25, -0.2) is 0 Å². The Morgan fingerprint density at radius 2 is 1.57 bits per heavy atom. The number of anilines is 3. The molecule has 1 unspecified atom stereocenters. The summed E-state index contributed by atoms with van der Waals surface area (Å²) in [7, 11) is 0. The second-order valence-corrected chi connectivity index (χ2v) is 14.5.